The van der Waals surface area contributed by atoms with Gasteiger partial charge in [-0.15, -0.1) is 0 Å². The number of hydrogen-bond acceptors (Lipinski definition) is 1. The average molecular weight is 230 g/mol. The molecule has 0 aliphatic carbocycles. The Kier molecular flexibility index (Phi) is 2.89. The maximum Gasteiger partial charge on any atom is 0.0273 e. The fourth-order valence-corrected chi connectivity index (χ4v) is 1.97. The summed E-state index contributed by atoms with van der Waals surface area (Å²) in [7, 11) is 0. The van der Waals surface area contributed by atoms with E-state index >= 15 is 0 Å². The molecule has 0 saturated heterocycles. The van der Waals surface area contributed by atoms with Gasteiger partial charge in [-0.3, -0.25) is 4.98 Å². The lowest BCUT2D eigenvalue weighted by molar-refractivity contribution is 1.33. The SMILES string of the molecule is [c]1cccc(-c2ccc(-c3ccncc3)cc2)c1. The van der Waals surface area contributed by atoms with Crippen molar-refractivity contribution in [1.82, 2.24) is 4.98 Å². The highest BCUT2D eigenvalue weighted by molar-refractivity contribution is 5.69. The fourth-order valence-electron chi connectivity index (χ4n) is 1.97. The summed E-state index contributed by atoms with van der Waals surface area (Å²) >= 11 is 0. The second-order valence-corrected chi connectivity index (χ2v) is 4.11. The minimum absolute atomic E-state index is 1.19. The van der Waals surface area contributed by atoms with Crippen LogP contribution in [-0.4, -0.2) is 4.98 Å². The molecule has 3 rings (SSSR count). The van der Waals surface area contributed by atoms with E-state index in [1.54, 1.807) is 0 Å². The first-order valence-corrected chi connectivity index (χ1v) is 5.90. The molecule has 0 spiro atoms. The number of pyridine rings is 1. The van der Waals surface area contributed by atoms with E-state index in [4.69, 9.17) is 0 Å². The highest BCUT2D eigenvalue weighted by atomic mass is 14.6. The monoisotopic (exact) mass is 230 g/mol. The lowest BCUT2D eigenvalue weighted by Crippen LogP contribution is -1.80. The largest absolute Gasteiger partial charge is 0.265 e. The van der Waals surface area contributed by atoms with Crippen molar-refractivity contribution < 1.29 is 0 Å². The lowest BCUT2D eigenvalue weighted by Gasteiger charge is -2.04. The molecule has 1 radical (unpaired) electrons. The maximum absolute atomic E-state index is 4.03. The van der Waals surface area contributed by atoms with Crippen LogP contribution in [0.5, 0.6) is 0 Å². The molecule has 0 bridgehead atoms. The Morgan fingerprint density at radius 3 is 1.89 bits per heavy atom. The van der Waals surface area contributed by atoms with Crippen LogP contribution >= 0.6 is 0 Å². The summed E-state index contributed by atoms with van der Waals surface area (Å²) in [4.78, 5) is 4.03. The second-order valence-electron chi connectivity index (χ2n) is 4.11. The van der Waals surface area contributed by atoms with Crippen LogP contribution in [0.3, 0.4) is 0 Å². The number of hydrogen-bond donors (Lipinski definition) is 0. The molecule has 0 fully saturated rings. The van der Waals surface area contributed by atoms with Gasteiger partial charge in [0.05, 0.1) is 0 Å². The predicted octanol–water partition coefficient (Wildman–Crippen LogP) is 4.22. The first kappa shape index (κ1) is 10.7. The van der Waals surface area contributed by atoms with E-state index in [2.05, 4.69) is 41.4 Å². The number of nitrogens with zero attached hydrogens (tertiary/aromatic N) is 1. The first-order chi connectivity index (χ1) is 8.93. The van der Waals surface area contributed by atoms with Gasteiger partial charge in [0, 0.05) is 12.4 Å². The molecule has 2 aromatic carbocycles. The Morgan fingerprint density at radius 1 is 0.667 bits per heavy atom. The van der Waals surface area contributed by atoms with Gasteiger partial charge in [0.1, 0.15) is 0 Å². The highest BCUT2D eigenvalue weighted by Crippen LogP contribution is 2.23. The topological polar surface area (TPSA) is 12.9 Å². The molecule has 1 heteroatoms. The van der Waals surface area contributed by atoms with Crippen molar-refractivity contribution in [3.05, 3.63) is 79.1 Å². The van der Waals surface area contributed by atoms with Crippen molar-refractivity contribution in [3.8, 4) is 22.3 Å². The van der Waals surface area contributed by atoms with Crippen LogP contribution in [0.25, 0.3) is 22.3 Å². The van der Waals surface area contributed by atoms with Crippen molar-refractivity contribution in [3.63, 3.8) is 0 Å². The smallest absolute Gasteiger partial charge is 0.0273 e. The minimum atomic E-state index is 1.19. The minimum Gasteiger partial charge on any atom is -0.265 e. The van der Waals surface area contributed by atoms with Crippen molar-refractivity contribution in [2.75, 3.05) is 0 Å². The highest BCUT2D eigenvalue weighted by Gasteiger charge is 1.99. The van der Waals surface area contributed by atoms with Gasteiger partial charge in [-0.1, -0.05) is 42.5 Å². The summed E-state index contributed by atoms with van der Waals surface area (Å²) in [5.74, 6) is 0. The normalized spacial score (nSPS) is 10.2. The van der Waals surface area contributed by atoms with Crippen LogP contribution in [0.2, 0.25) is 0 Å². The summed E-state index contributed by atoms with van der Waals surface area (Å²) in [5, 5.41) is 0. The van der Waals surface area contributed by atoms with Crippen LogP contribution in [0.15, 0.2) is 73.1 Å². The van der Waals surface area contributed by atoms with Crippen molar-refractivity contribution in [1.29, 1.82) is 0 Å². The van der Waals surface area contributed by atoms with E-state index in [1.807, 2.05) is 42.7 Å². The predicted molar refractivity (Wildman–Crippen MR) is 73.9 cm³/mol. The third-order valence-electron chi connectivity index (χ3n) is 2.94. The van der Waals surface area contributed by atoms with Crippen molar-refractivity contribution in [2.45, 2.75) is 0 Å². The Labute approximate surface area is 107 Å². The molecule has 0 saturated carbocycles. The molecule has 0 amide bonds. The third-order valence-corrected chi connectivity index (χ3v) is 2.94. The molecule has 1 aromatic heterocycles. The van der Waals surface area contributed by atoms with Gasteiger partial charge in [-0.2, -0.15) is 0 Å². The zero-order chi connectivity index (χ0) is 12.2. The molecule has 3 aromatic rings. The maximum atomic E-state index is 4.03. The molecule has 0 aliphatic rings. The molecular weight excluding hydrogens is 218 g/mol. The Morgan fingerprint density at radius 2 is 1.28 bits per heavy atom. The van der Waals surface area contributed by atoms with Crippen LogP contribution in [-0.2, 0) is 0 Å². The van der Waals surface area contributed by atoms with Crippen molar-refractivity contribution >= 4 is 0 Å². The van der Waals surface area contributed by atoms with E-state index in [-0.39, 0.29) is 0 Å². The fraction of sp³-hybridized carbons (Fsp3) is 0. The number of rotatable bonds is 2. The molecule has 85 valence electrons. The Bertz CT molecular complexity index is 554. The van der Waals surface area contributed by atoms with Gasteiger partial charge in [-0.05, 0) is 46.5 Å². The molecule has 0 aliphatic heterocycles. The Hall–Kier alpha value is -2.41. The average Bonchev–Trinajstić information content (AvgIpc) is 2.49. The zero-order valence-electron chi connectivity index (χ0n) is 9.88. The quantitative estimate of drug-likeness (QED) is 0.642. The summed E-state index contributed by atoms with van der Waals surface area (Å²) in [6.07, 6.45) is 3.63. The van der Waals surface area contributed by atoms with Gasteiger partial charge in [0.25, 0.3) is 0 Å². The van der Waals surface area contributed by atoms with E-state index in [9.17, 15) is 0 Å². The zero-order valence-corrected chi connectivity index (χ0v) is 9.88. The summed E-state index contributed by atoms with van der Waals surface area (Å²) in [6, 6.07) is 23.7. The van der Waals surface area contributed by atoms with Crippen LogP contribution in [0.4, 0.5) is 0 Å². The van der Waals surface area contributed by atoms with E-state index in [0.717, 1.165) is 0 Å². The standard InChI is InChI=1S/C17H12N/c1-2-4-14(5-3-1)15-6-8-16(9-7-15)17-10-12-18-13-11-17/h1-2,4-13H. The van der Waals surface area contributed by atoms with Gasteiger partial charge >= 0.3 is 0 Å². The second kappa shape index (κ2) is 4.84. The lowest BCUT2D eigenvalue weighted by atomic mass is 10.0. The molecule has 1 heterocycles. The first-order valence-electron chi connectivity index (χ1n) is 5.90. The van der Waals surface area contributed by atoms with Gasteiger partial charge in [0.2, 0.25) is 0 Å². The molecule has 18 heavy (non-hydrogen) atoms. The molecule has 0 unspecified atom stereocenters. The van der Waals surface area contributed by atoms with E-state index in [1.165, 1.54) is 22.3 Å². The Balaban J connectivity index is 1.95. The number of aromatic nitrogens is 1. The van der Waals surface area contributed by atoms with Gasteiger partial charge in [0.15, 0.2) is 0 Å². The van der Waals surface area contributed by atoms with Crippen LogP contribution in [0.1, 0.15) is 0 Å². The molecule has 0 N–H and O–H groups in total. The number of benzene rings is 2. The van der Waals surface area contributed by atoms with Gasteiger partial charge < -0.3 is 0 Å². The van der Waals surface area contributed by atoms with E-state index < -0.39 is 0 Å². The molecule has 1 nitrogen and oxygen atoms in total. The van der Waals surface area contributed by atoms with Crippen molar-refractivity contribution in [2.24, 2.45) is 0 Å². The van der Waals surface area contributed by atoms with Gasteiger partial charge in [-0.25, -0.2) is 0 Å². The molecular formula is C17H12N. The third kappa shape index (κ3) is 2.16. The summed E-state index contributed by atoms with van der Waals surface area (Å²) in [6.45, 7) is 0. The molecule has 0 atom stereocenters. The van der Waals surface area contributed by atoms with Crippen LogP contribution in [0, 0.1) is 6.07 Å². The summed E-state index contributed by atoms with van der Waals surface area (Å²) in [5.41, 5.74) is 4.81. The summed E-state index contributed by atoms with van der Waals surface area (Å²) < 4.78 is 0. The van der Waals surface area contributed by atoms with Crippen LogP contribution < -0.4 is 0 Å². The van der Waals surface area contributed by atoms with E-state index in [0.29, 0.717) is 0 Å².